The minimum atomic E-state index is -0.722. The van der Waals surface area contributed by atoms with E-state index in [2.05, 4.69) is 10.1 Å². The van der Waals surface area contributed by atoms with Crippen LogP contribution in [0.5, 0.6) is 0 Å². The summed E-state index contributed by atoms with van der Waals surface area (Å²) in [5, 5.41) is 2.47. The number of hydrogen-bond donors (Lipinski definition) is 1. The molecule has 0 fully saturated rings. The van der Waals surface area contributed by atoms with E-state index < -0.39 is 23.1 Å². The molecule has 3 nitrogen and oxygen atoms in total. The molecule has 0 aliphatic rings. The maximum absolute atomic E-state index is 13.6. The number of alkyl carbamates (subject to hydrolysis) is 1. The Balaban J connectivity index is 2.88. The van der Waals surface area contributed by atoms with Crippen LogP contribution in [0.3, 0.4) is 0 Å². The second-order valence-corrected chi connectivity index (χ2v) is 4.35. The van der Waals surface area contributed by atoms with Crippen LogP contribution in [-0.2, 0) is 10.2 Å². The molecule has 94 valence electrons. The van der Waals surface area contributed by atoms with Crippen LogP contribution in [-0.4, -0.2) is 19.7 Å². The van der Waals surface area contributed by atoms with Gasteiger partial charge in [0, 0.05) is 12.0 Å². The topological polar surface area (TPSA) is 38.3 Å². The van der Waals surface area contributed by atoms with Gasteiger partial charge in [-0.2, -0.15) is 0 Å². The van der Waals surface area contributed by atoms with Gasteiger partial charge in [-0.25, -0.2) is 13.6 Å². The molecule has 0 aliphatic heterocycles. The molecule has 0 aromatic heterocycles. The Bertz CT molecular complexity index is 419. The van der Waals surface area contributed by atoms with E-state index in [1.54, 1.807) is 13.8 Å². The zero-order valence-corrected chi connectivity index (χ0v) is 10.0. The summed E-state index contributed by atoms with van der Waals surface area (Å²) in [6, 6.07) is 3.27. The third-order valence-electron chi connectivity index (χ3n) is 2.52. The predicted molar refractivity (Wildman–Crippen MR) is 59.8 cm³/mol. The van der Waals surface area contributed by atoms with E-state index >= 15 is 0 Å². The van der Waals surface area contributed by atoms with Gasteiger partial charge in [0.25, 0.3) is 0 Å². The molecule has 1 aromatic rings. The Labute approximate surface area is 98.8 Å². The van der Waals surface area contributed by atoms with Gasteiger partial charge in [0.15, 0.2) is 0 Å². The maximum atomic E-state index is 13.6. The summed E-state index contributed by atoms with van der Waals surface area (Å²) in [5.74, 6) is -1.00. The van der Waals surface area contributed by atoms with Crippen LogP contribution in [0.4, 0.5) is 13.6 Å². The summed E-state index contributed by atoms with van der Waals surface area (Å²) >= 11 is 0. The summed E-state index contributed by atoms with van der Waals surface area (Å²) in [6.07, 6.45) is -0.602. The van der Waals surface area contributed by atoms with Crippen molar-refractivity contribution in [1.82, 2.24) is 5.32 Å². The Morgan fingerprint density at radius 1 is 1.41 bits per heavy atom. The van der Waals surface area contributed by atoms with Gasteiger partial charge in [-0.05, 0) is 23.8 Å². The van der Waals surface area contributed by atoms with Gasteiger partial charge in [0.1, 0.15) is 11.6 Å². The number of hydrogen-bond acceptors (Lipinski definition) is 2. The van der Waals surface area contributed by atoms with Gasteiger partial charge in [-0.1, -0.05) is 13.8 Å². The number of carbonyl (C=O) groups excluding carboxylic acids is 1. The van der Waals surface area contributed by atoms with Crippen LogP contribution >= 0.6 is 0 Å². The molecule has 0 atom stereocenters. The number of rotatable bonds is 3. The average Bonchev–Trinajstić information content (AvgIpc) is 2.29. The molecule has 0 saturated heterocycles. The first-order chi connectivity index (χ1) is 7.86. The van der Waals surface area contributed by atoms with Crippen molar-refractivity contribution < 1.29 is 18.3 Å². The average molecular weight is 243 g/mol. The van der Waals surface area contributed by atoms with E-state index in [0.29, 0.717) is 0 Å². The van der Waals surface area contributed by atoms with Crippen LogP contribution in [0.1, 0.15) is 19.4 Å². The molecule has 0 bridgehead atoms. The minimum absolute atomic E-state index is 0.153. The summed E-state index contributed by atoms with van der Waals surface area (Å²) < 4.78 is 31.0. The molecule has 0 aliphatic carbocycles. The summed E-state index contributed by atoms with van der Waals surface area (Å²) in [7, 11) is 1.24. The number of ether oxygens (including phenoxy) is 1. The number of benzene rings is 1. The fourth-order valence-corrected chi connectivity index (χ4v) is 1.48. The molecule has 1 N–H and O–H groups in total. The molecular formula is C12H15F2NO2. The molecule has 1 aromatic carbocycles. The first kappa shape index (κ1) is 13.4. The zero-order valence-electron chi connectivity index (χ0n) is 10.0. The Hall–Kier alpha value is -1.65. The van der Waals surface area contributed by atoms with Crippen LogP contribution in [0.15, 0.2) is 18.2 Å². The van der Waals surface area contributed by atoms with Crippen molar-refractivity contribution in [2.24, 2.45) is 0 Å². The van der Waals surface area contributed by atoms with Crippen LogP contribution < -0.4 is 5.32 Å². The lowest BCUT2D eigenvalue weighted by Gasteiger charge is -2.25. The first-order valence-electron chi connectivity index (χ1n) is 5.14. The fraction of sp³-hybridized carbons (Fsp3) is 0.417. The maximum Gasteiger partial charge on any atom is 0.406 e. The molecule has 0 radical (unpaired) electrons. The fourth-order valence-electron chi connectivity index (χ4n) is 1.48. The van der Waals surface area contributed by atoms with Gasteiger partial charge in [-0.15, -0.1) is 0 Å². The smallest absolute Gasteiger partial charge is 0.406 e. The van der Waals surface area contributed by atoms with Crippen molar-refractivity contribution in [1.29, 1.82) is 0 Å². The highest BCUT2D eigenvalue weighted by molar-refractivity contribution is 5.67. The van der Waals surface area contributed by atoms with Crippen molar-refractivity contribution in [2.75, 3.05) is 13.7 Å². The van der Waals surface area contributed by atoms with Crippen LogP contribution in [0, 0.1) is 11.6 Å². The second kappa shape index (κ2) is 5.12. The van der Waals surface area contributed by atoms with E-state index in [1.807, 2.05) is 0 Å². The van der Waals surface area contributed by atoms with E-state index in [-0.39, 0.29) is 12.1 Å². The zero-order chi connectivity index (χ0) is 13.1. The van der Waals surface area contributed by atoms with Gasteiger partial charge in [0.2, 0.25) is 0 Å². The monoisotopic (exact) mass is 243 g/mol. The third kappa shape index (κ3) is 3.41. The van der Waals surface area contributed by atoms with Gasteiger partial charge in [-0.3, -0.25) is 0 Å². The van der Waals surface area contributed by atoms with E-state index in [0.717, 1.165) is 18.2 Å². The molecule has 0 unspecified atom stereocenters. The summed E-state index contributed by atoms with van der Waals surface area (Å²) in [4.78, 5) is 10.9. The standard InChI is InChI=1S/C12H15F2NO2/c1-12(2,7-15-11(16)17-3)9-6-8(13)4-5-10(9)14/h4-6H,7H2,1-3H3,(H,15,16). The molecule has 1 rings (SSSR count). The quantitative estimate of drug-likeness (QED) is 0.886. The van der Waals surface area contributed by atoms with Crippen molar-refractivity contribution in [3.63, 3.8) is 0 Å². The molecule has 1 amide bonds. The molecular weight excluding hydrogens is 228 g/mol. The van der Waals surface area contributed by atoms with Crippen LogP contribution in [0.25, 0.3) is 0 Å². The normalized spacial score (nSPS) is 11.1. The number of carbonyl (C=O) groups is 1. The summed E-state index contributed by atoms with van der Waals surface area (Å²) in [6.45, 7) is 3.57. The lowest BCUT2D eigenvalue weighted by Crippen LogP contribution is -2.37. The predicted octanol–water partition coefficient (Wildman–Crippen LogP) is 2.60. The lowest BCUT2D eigenvalue weighted by atomic mass is 9.84. The van der Waals surface area contributed by atoms with Crippen molar-refractivity contribution in [3.05, 3.63) is 35.4 Å². The lowest BCUT2D eigenvalue weighted by molar-refractivity contribution is 0.168. The molecule has 5 heteroatoms. The largest absolute Gasteiger partial charge is 0.453 e. The number of amides is 1. The van der Waals surface area contributed by atoms with Crippen molar-refractivity contribution >= 4 is 6.09 Å². The number of halogens is 2. The minimum Gasteiger partial charge on any atom is -0.453 e. The SMILES string of the molecule is COC(=O)NCC(C)(C)c1cc(F)ccc1F. The highest BCUT2D eigenvalue weighted by Crippen LogP contribution is 2.25. The molecule has 0 saturated carbocycles. The second-order valence-electron chi connectivity index (χ2n) is 4.35. The Kier molecular flexibility index (Phi) is 4.04. The molecule has 0 spiro atoms. The van der Waals surface area contributed by atoms with E-state index in [9.17, 15) is 13.6 Å². The highest BCUT2D eigenvalue weighted by atomic mass is 19.1. The summed E-state index contributed by atoms with van der Waals surface area (Å²) in [5.41, 5.74) is -0.505. The molecule has 0 heterocycles. The number of nitrogens with one attached hydrogen (secondary N) is 1. The molecule has 17 heavy (non-hydrogen) atoms. The van der Waals surface area contributed by atoms with E-state index in [4.69, 9.17) is 0 Å². The Morgan fingerprint density at radius 3 is 2.65 bits per heavy atom. The first-order valence-corrected chi connectivity index (χ1v) is 5.14. The van der Waals surface area contributed by atoms with Crippen molar-refractivity contribution in [2.45, 2.75) is 19.3 Å². The Morgan fingerprint density at radius 2 is 2.06 bits per heavy atom. The third-order valence-corrected chi connectivity index (χ3v) is 2.52. The van der Waals surface area contributed by atoms with Crippen LogP contribution in [0.2, 0.25) is 0 Å². The van der Waals surface area contributed by atoms with Crippen molar-refractivity contribution in [3.8, 4) is 0 Å². The number of methoxy groups -OCH3 is 1. The van der Waals surface area contributed by atoms with Gasteiger partial charge >= 0.3 is 6.09 Å². The van der Waals surface area contributed by atoms with Gasteiger partial charge < -0.3 is 10.1 Å². The van der Waals surface area contributed by atoms with Gasteiger partial charge in [0.05, 0.1) is 7.11 Å². The van der Waals surface area contributed by atoms with E-state index in [1.165, 1.54) is 7.11 Å². The highest BCUT2D eigenvalue weighted by Gasteiger charge is 2.25.